The van der Waals surface area contributed by atoms with Gasteiger partial charge in [-0.2, -0.15) is 0 Å². The molecule has 0 spiro atoms. The molecule has 0 saturated carbocycles. The Balaban J connectivity index is 1.95. The van der Waals surface area contributed by atoms with Crippen molar-refractivity contribution in [3.8, 4) is 0 Å². The zero-order valence-electron chi connectivity index (χ0n) is 9.15. The van der Waals surface area contributed by atoms with E-state index in [0.717, 1.165) is 8.20 Å². The predicted octanol–water partition coefficient (Wildman–Crippen LogP) is -0.180. The number of hydrogen-bond donors (Lipinski definition) is 2. The van der Waals surface area contributed by atoms with Crippen molar-refractivity contribution in [3.63, 3.8) is 0 Å². The van der Waals surface area contributed by atoms with Gasteiger partial charge in [-0.3, -0.25) is 0 Å². The normalized spacial score (nSPS) is 44.8. The van der Waals surface area contributed by atoms with E-state index in [1.54, 1.807) is 0 Å². The molecule has 16 heavy (non-hydrogen) atoms. The van der Waals surface area contributed by atoms with Gasteiger partial charge in [0.1, 0.15) is 12.2 Å². The van der Waals surface area contributed by atoms with Crippen LogP contribution in [0.25, 0.3) is 0 Å². The Kier molecular flexibility index (Phi) is 3.95. The van der Waals surface area contributed by atoms with Crippen LogP contribution in [0.4, 0.5) is 0 Å². The Morgan fingerprint density at radius 2 is 2.12 bits per heavy atom. The fraction of sp³-hybridized carbons (Fsp3) is 0.900. The summed E-state index contributed by atoms with van der Waals surface area (Å²) in [5.41, 5.74) is 0. The highest BCUT2D eigenvalue weighted by molar-refractivity contribution is 7.36. The lowest BCUT2D eigenvalue weighted by molar-refractivity contribution is -0.171. The van der Waals surface area contributed by atoms with Crippen LogP contribution in [0.1, 0.15) is 6.92 Å². The topological polar surface area (TPSA) is 68.2 Å². The molecule has 0 radical (unpaired) electrons. The Bertz CT molecular complexity index is 262. The summed E-state index contributed by atoms with van der Waals surface area (Å²) in [6.45, 7) is 1.79. The Hall–Kier alpha value is -0.0300. The highest BCUT2D eigenvalue weighted by Gasteiger charge is 2.52. The van der Waals surface area contributed by atoms with Crippen LogP contribution < -0.4 is 0 Å². The lowest BCUT2D eigenvalue weighted by Gasteiger charge is -2.22. The van der Waals surface area contributed by atoms with Crippen molar-refractivity contribution >= 4 is 14.5 Å². The SMILES string of the molecule is C=PCC1OC2OC(C(C)CO)C(O)C2O1. The van der Waals surface area contributed by atoms with E-state index in [0.29, 0.717) is 6.16 Å². The van der Waals surface area contributed by atoms with E-state index in [1.807, 2.05) is 6.92 Å². The summed E-state index contributed by atoms with van der Waals surface area (Å²) in [6, 6.07) is 0. The average Bonchev–Trinajstić information content (AvgIpc) is 2.78. The Morgan fingerprint density at radius 3 is 2.69 bits per heavy atom. The van der Waals surface area contributed by atoms with Crippen LogP contribution in [0.15, 0.2) is 0 Å². The third kappa shape index (κ3) is 2.16. The van der Waals surface area contributed by atoms with Crippen molar-refractivity contribution in [2.45, 2.75) is 37.8 Å². The van der Waals surface area contributed by atoms with Gasteiger partial charge in [0.25, 0.3) is 0 Å². The van der Waals surface area contributed by atoms with Gasteiger partial charge in [-0.25, -0.2) is 0 Å². The first-order valence-electron chi connectivity index (χ1n) is 5.35. The van der Waals surface area contributed by atoms with Gasteiger partial charge < -0.3 is 24.4 Å². The third-order valence-corrected chi connectivity index (χ3v) is 3.51. The maximum atomic E-state index is 9.99. The van der Waals surface area contributed by atoms with Gasteiger partial charge in [0.05, 0.1) is 6.10 Å². The molecule has 2 fully saturated rings. The van der Waals surface area contributed by atoms with E-state index < -0.39 is 24.6 Å². The van der Waals surface area contributed by atoms with Crippen LogP contribution in [-0.4, -0.2) is 60.2 Å². The molecule has 0 amide bonds. The van der Waals surface area contributed by atoms with Gasteiger partial charge in [-0.1, -0.05) is 13.2 Å². The molecule has 6 unspecified atom stereocenters. The molecule has 2 saturated heterocycles. The first kappa shape index (κ1) is 12.4. The number of hydrogen-bond acceptors (Lipinski definition) is 5. The molecule has 0 bridgehead atoms. The monoisotopic (exact) mass is 248 g/mol. The van der Waals surface area contributed by atoms with Crippen molar-refractivity contribution in [2.24, 2.45) is 5.92 Å². The smallest absolute Gasteiger partial charge is 0.190 e. The van der Waals surface area contributed by atoms with E-state index in [9.17, 15) is 5.11 Å². The first-order chi connectivity index (χ1) is 7.67. The Morgan fingerprint density at radius 1 is 1.38 bits per heavy atom. The lowest BCUT2D eigenvalue weighted by atomic mass is 9.99. The number of fused-ring (bicyclic) bond motifs is 1. The molecule has 2 heterocycles. The second-order valence-corrected chi connectivity index (χ2v) is 5.00. The second-order valence-electron chi connectivity index (χ2n) is 4.19. The molecule has 0 aromatic carbocycles. The molecular formula is C10H17O5P. The van der Waals surface area contributed by atoms with E-state index in [4.69, 9.17) is 19.3 Å². The molecule has 0 aliphatic carbocycles. The van der Waals surface area contributed by atoms with Crippen LogP contribution in [0.5, 0.6) is 0 Å². The van der Waals surface area contributed by atoms with Gasteiger partial charge >= 0.3 is 0 Å². The number of rotatable bonds is 4. The summed E-state index contributed by atoms with van der Waals surface area (Å²) >= 11 is 0. The molecule has 6 atom stereocenters. The molecule has 92 valence electrons. The number of ether oxygens (including phenoxy) is 3. The summed E-state index contributed by atoms with van der Waals surface area (Å²) in [7, 11) is 0.937. The van der Waals surface area contributed by atoms with Crippen LogP contribution >= 0.6 is 8.20 Å². The van der Waals surface area contributed by atoms with E-state index >= 15 is 0 Å². The summed E-state index contributed by atoms with van der Waals surface area (Å²) < 4.78 is 16.6. The molecular weight excluding hydrogens is 231 g/mol. The zero-order chi connectivity index (χ0) is 11.7. The lowest BCUT2D eigenvalue weighted by Crippen LogP contribution is -2.37. The highest BCUT2D eigenvalue weighted by atomic mass is 31.1. The van der Waals surface area contributed by atoms with Crippen molar-refractivity contribution in [1.82, 2.24) is 0 Å². The minimum Gasteiger partial charge on any atom is -0.396 e. The third-order valence-electron chi connectivity index (χ3n) is 2.95. The standard InChI is InChI=1S/C10H17O5P/c1-5(3-11)8-7(12)9-10(15-8)14-6(13-9)4-16-2/h5-12H,2-4H2,1H3. The minimum atomic E-state index is -0.737. The molecule has 2 N–H and O–H groups in total. The van der Waals surface area contributed by atoms with Gasteiger partial charge in [0, 0.05) is 18.7 Å². The van der Waals surface area contributed by atoms with Gasteiger partial charge in [-0.15, -0.1) is 8.20 Å². The minimum absolute atomic E-state index is 0.0257. The summed E-state index contributed by atoms with van der Waals surface area (Å²) in [4.78, 5) is 0. The number of aliphatic hydroxyl groups excluding tert-OH is 2. The van der Waals surface area contributed by atoms with Gasteiger partial charge in [0.2, 0.25) is 0 Å². The molecule has 2 aliphatic heterocycles. The quantitative estimate of drug-likeness (QED) is 0.675. The largest absolute Gasteiger partial charge is 0.396 e. The average molecular weight is 248 g/mol. The number of aliphatic hydroxyl groups is 2. The van der Waals surface area contributed by atoms with Crippen molar-refractivity contribution < 1.29 is 24.4 Å². The summed E-state index contributed by atoms with van der Waals surface area (Å²) in [5, 5.41) is 19.0. The fourth-order valence-corrected chi connectivity index (χ4v) is 2.42. The van der Waals surface area contributed by atoms with Crippen LogP contribution in [0, 0.1) is 5.92 Å². The van der Waals surface area contributed by atoms with Gasteiger partial charge in [0.15, 0.2) is 12.6 Å². The van der Waals surface area contributed by atoms with Crippen molar-refractivity contribution in [3.05, 3.63) is 0 Å². The maximum absolute atomic E-state index is 9.99. The van der Waals surface area contributed by atoms with Crippen LogP contribution in [-0.2, 0) is 14.2 Å². The second kappa shape index (κ2) is 5.08. The molecule has 2 rings (SSSR count). The molecule has 0 aromatic rings. The van der Waals surface area contributed by atoms with Crippen LogP contribution in [0.2, 0.25) is 0 Å². The van der Waals surface area contributed by atoms with Crippen LogP contribution in [0.3, 0.4) is 0 Å². The van der Waals surface area contributed by atoms with Crippen molar-refractivity contribution in [1.29, 1.82) is 0 Å². The molecule has 6 heteroatoms. The molecule has 5 nitrogen and oxygen atoms in total. The fourth-order valence-electron chi connectivity index (χ4n) is 2.04. The molecule has 2 aliphatic rings. The van der Waals surface area contributed by atoms with E-state index in [2.05, 4.69) is 6.30 Å². The Labute approximate surface area is 96.1 Å². The predicted molar refractivity (Wildman–Crippen MR) is 59.6 cm³/mol. The molecule has 0 aromatic heterocycles. The van der Waals surface area contributed by atoms with Crippen molar-refractivity contribution in [2.75, 3.05) is 12.8 Å². The van der Waals surface area contributed by atoms with Gasteiger partial charge in [-0.05, 0) is 0 Å². The summed E-state index contributed by atoms with van der Waals surface area (Å²) in [6.07, 6.45) is 1.92. The van der Waals surface area contributed by atoms with E-state index in [-0.39, 0.29) is 18.8 Å². The van der Waals surface area contributed by atoms with E-state index in [1.165, 1.54) is 0 Å². The summed E-state index contributed by atoms with van der Waals surface area (Å²) in [5.74, 6) is -0.128. The first-order valence-corrected chi connectivity index (χ1v) is 6.61. The maximum Gasteiger partial charge on any atom is 0.190 e. The highest BCUT2D eigenvalue weighted by Crippen LogP contribution is 2.35. The zero-order valence-corrected chi connectivity index (χ0v) is 10.0.